The zero-order valence-electron chi connectivity index (χ0n) is 8.87. The van der Waals surface area contributed by atoms with Crippen LogP contribution in [0.15, 0.2) is 4.52 Å². The third kappa shape index (κ3) is 1.65. The molecule has 0 unspecified atom stereocenters. The van der Waals surface area contributed by atoms with Crippen LogP contribution in [0.25, 0.3) is 0 Å². The van der Waals surface area contributed by atoms with Crippen molar-refractivity contribution in [1.29, 1.82) is 0 Å². The van der Waals surface area contributed by atoms with Gasteiger partial charge < -0.3 is 14.7 Å². The molecule has 1 aliphatic rings. The first-order chi connectivity index (χ1) is 6.60. The van der Waals surface area contributed by atoms with Gasteiger partial charge in [0.05, 0.1) is 12.0 Å². The Morgan fingerprint density at radius 1 is 1.50 bits per heavy atom. The fraction of sp³-hybridized carbons (Fsp3) is 0.778. The van der Waals surface area contributed by atoms with Crippen LogP contribution in [-0.2, 0) is 12.0 Å². The Kier molecular flexibility index (Phi) is 2.28. The van der Waals surface area contributed by atoms with Gasteiger partial charge in [-0.05, 0) is 21.0 Å². The lowest BCUT2D eigenvalue weighted by molar-refractivity contribution is 0.218. The van der Waals surface area contributed by atoms with Crippen molar-refractivity contribution in [2.75, 3.05) is 27.2 Å². The van der Waals surface area contributed by atoms with Gasteiger partial charge in [-0.1, -0.05) is 5.16 Å². The second-order valence-corrected chi connectivity index (χ2v) is 4.42. The monoisotopic (exact) mass is 196 g/mol. The number of rotatable bonds is 3. The minimum atomic E-state index is 0.0531. The highest BCUT2D eigenvalue weighted by Crippen LogP contribution is 2.25. The summed E-state index contributed by atoms with van der Waals surface area (Å²) in [5.74, 6) is 1.52. The summed E-state index contributed by atoms with van der Waals surface area (Å²) in [5, 5.41) is 7.16. The van der Waals surface area contributed by atoms with E-state index in [9.17, 15) is 0 Å². The van der Waals surface area contributed by atoms with Gasteiger partial charge >= 0.3 is 0 Å². The molecule has 0 saturated carbocycles. The lowest BCUT2D eigenvalue weighted by Gasteiger charge is -2.35. The summed E-state index contributed by atoms with van der Waals surface area (Å²) in [5.41, 5.74) is 0.0531. The molecular formula is C9H16N4O. The fourth-order valence-electron chi connectivity index (χ4n) is 1.50. The Bertz CT molecular complexity index is 316. The van der Waals surface area contributed by atoms with Crippen molar-refractivity contribution in [2.24, 2.45) is 0 Å². The number of hydrogen-bond donors (Lipinski definition) is 1. The third-order valence-electron chi connectivity index (χ3n) is 2.47. The fourth-order valence-corrected chi connectivity index (χ4v) is 1.50. The molecule has 5 nitrogen and oxygen atoms in total. The molecule has 0 radical (unpaired) electrons. The van der Waals surface area contributed by atoms with Crippen LogP contribution >= 0.6 is 0 Å². The molecule has 5 heteroatoms. The lowest BCUT2D eigenvalue weighted by atomic mass is 9.84. The molecule has 1 aliphatic heterocycles. The van der Waals surface area contributed by atoms with Crippen LogP contribution in [0.1, 0.15) is 18.6 Å². The maximum atomic E-state index is 5.24. The summed E-state index contributed by atoms with van der Waals surface area (Å²) in [6, 6.07) is 0. The van der Waals surface area contributed by atoms with Gasteiger partial charge in [-0.2, -0.15) is 4.98 Å². The second-order valence-electron chi connectivity index (χ2n) is 4.42. The van der Waals surface area contributed by atoms with Gasteiger partial charge in [-0.25, -0.2) is 0 Å². The van der Waals surface area contributed by atoms with Gasteiger partial charge in [0.2, 0.25) is 5.89 Å². The molecular weight excluding hydrogens is 180 g/mol. The van der Waals surface area contributed by atoms with E-state index in [0.29, 0.717) is 0 Å². The van der Waals surface area contributed by atoms with Gasteiger partial charge in [0.25, 0.3) is 0 Å². The van der Waals surface area contributed by atoms with Gasteiger partial charge in [0, 0.05) is 13.1 Å². The predicted molar refractivity (Wildman–Crippen MR) is 51.9 cm³/mol. The van der Waals surface area contributed by atoms with Crippen LogP contribution in [0.3, 0.4) is 0 Å². The Balaban J connectivity index is 2.09. The first-order valence-electron chi connectivity index (χ1n) is 4.79. The van der Waals surface area contributed by atoms with E-state index in [1.807, 2.05) is 19.0 Å². The average molecular weight is 196 g/mol. The maximum absolute atomic E-state index is 5.24. The summed E-state index contributed by atoms with van der Waals surface area (Å²) in [7, 11) is 3.98. The van der Waals surface area contributed by atoms with Gasteiger partial charge in [-0.15, -0.1) is 0 Å². The summed E-state index contributed by atoms with van der Waals surface area (Å²) >= 11 is 0. The Morgan fingerprint density at radius 2 is 2.21 bits per heavy atom. The lowest BCUT2D eigenvalue weighted by Crippen LogP contribution is -2.54. The smallest absolute Gasteiger partial charge is 0.235 e. The normalized spacial score (nSPS) is 19.7. The van der Waals surface area contributed by atoms with E-state index in [1.54, 1.807) is 0 Å². The van der Waals surface area contributed by atoms with E-state index < -0.39 is 0 Å². The highest BCUT2D eigenvalue weighted by Gasteiger charge is 2.39. The number of aromatic nitrogens is 2. The van der Waals surface area contributed by atoms with Crippen LogP contribution in [0, 0.1) is 0 Å². The van der Waals surface area contributed by atoms with Crippen molar-refractivity contribution in [3.63, 3.8) is 0 Å². The molecule has 0 spiro atoms. The zero-order valence-corrected chi connectivity index (χ0v) is 8.87. The predicted octanol–water partition coefficient (Wildman–Crippen LogP) is -0.00790. The minimum Gasteiger partial charge on any atom is -0.339 e. The summed E-state index contributed by atoms with van der Waals surface area (Å²) in [6.07, 6.45) is 0. The first kappa shape index (κ1) is 9.61. The summed E-state index contributed by atoms with van der Waals surface area (Å²) in [6.45, 7) is 4.72. The molecule has 14 heavy (non-hydrogen) atoms. The van der Waals surface area contributed by atoms with Crippen LogP contribution in [-0.4, -0.2) is 42.2 Å². The molecule has 1 fully saturated rings. The van der Waals surface area contributed by atoms with E-state index in [1.165, 1.54) is 0 Å². The highest BCUT2D eigenvalue weighted by atomic mass is 16.5. The van der Waals surface area contributed by atoms with Crippen LogP contribution in [0.5, 0.6) is 0 Å². The van der Waals surface area contributed by atoms with E-state index in [0.717, 1.165) is 31.3 Å². The van der Waals surface area contributed by atoms with Crippen LogP contribution < -0.4 is 5.32 Å². The number of nitrogens with zero attached hydrogens (tertiary/aromatic N) is 3. The van der Waals surface area contributed by atoms with E-state index in [2.05, 4.69) is 22.4 Å². The molecule has 0 aliphatic carbocycles. The quantitative estimate of drug-likeness (QED) is 0.737. The van der Waals surface area contributed by atoms with Crippen molar-refractivity contribution in [3.8, 4) is 0 Å². The molecule has 0 atom stereocenters. The van der Waals surface area contributed by atoms with Crippen molar-refractivity contribution >= 4 is 0 Å². The maximum Gasteiger partial charge on any atom is 0.235 e. The zero-order chi connectivity index (χ0) is 10.2. The van der Waals surface area contributed by atoms with Crippen molar-refractivity contribution in [1.82, 2.24) is 20.4 Å². The second kappa shape index (κ2) is 3.33. The van der Waals surface area contributed by atoms with Crippen molar-refractivity contribution in [2.45, 2.75) is 18.9 Å². The topological polar surface area (TPSA) is 54.2 Å². The largest absolute Gasteiger partial charge is 0.339 e. The molecule has 1 saturated heterocycles. The number of hydrogen-bond acceptors (Lipinski definition) is 5. The van der Waals surface area contributed by atoms with E-state index in [-0.39, 0.29) is 5.41 Å². The van der Waals surface area contributed by atoms with Gasteiger partial charge in [0.15, 0.2) is 5.82 Å². The molecule has 1 aromatic rings. The van der Waals surface area contributed by atoms with E-state index >= 15 is 0 Å². The number of nitrogens with one attached hydrogen (secondary N) is 1. The van der Waals surface area contributed by atoms with Crippen LogP contribution in [0.4, 0.5) is 0 Å². The standard InChI is InChI=1S/C9H16N4O/c1-9(5-10-6-9)8-11-7(12-14-8)4-13(2)3/h10H,4-6H2,1-3H3. The Hall–Kier alpha value is -0.940. The van der Waals surface area contributed by atoms with Gasteiger partial charge in [0.1, 0.15) is 0 Å². The molecule has 2 rings (SSSR count). The minimum absolute atomic E-state index is 0.0531. The summed E-state index contributed by atoms with van der Waals surface area (Å²) < 4.78 is 5.24. The molecule has 2 heterocycles. The first-order valence-corrected chi connectivity index (χ1v) is 4.79. The van der Waals surface area contributed by atoms with Gasteiger partial charge in [-0.3, -0.25) is 0 Å². The molecule has 0 aromatic carbocycles. The average Bonchev–Trinajstić information content (AvgIpc) is 2.47. The van der Waals surface area contributed by atoms with E-state index in [4.69, 9.17) is 4.52 Å². The molecule has 1 N–H and O–H groups in total. The highest BCUT2D eigenvalue weighted by molar-refractivity contribution is 5.11. The molecule has 0 bridgehead atoms. The van der Waals surface area contributed by atoms with Crippen molar-refractivity contribution in [3.05, 3.63) is 11.7 Å². The molecule has 0 amide bonds. The molecule has 1 aromatic heterocycles. The van der Waals surface area contributed by atoms with Crippen molar-refractivity contribution < 1.29 is 4.52 Å². The third-order valence-corrected chi connectivity index (χ3v) is 2.47. The Morgan fingerprint density at radius 3 is 2.71 bits per heavy atom. The summed E-state index contributed by atoms with van der Waals surface area (Å²) in [4.78, 5) is 6.41. The Labute approximate surface area is 83.5 Å². The molecule has 78 valence electrons. The SMILES string of the molecule is CN(C)Cc1noc(C2(C)CNC2)n1. The van der Waals surface area contributed by atoms with Crippen LogP contribution in [0.2, 0.25) is 0 Å².